The highest BCUT2D eigenvalue weighted by Crippen LogP contribution is 2.35. The van der Waals surface area contributed by atoms with Gasteiger partial charge in [0, 0.05) is 28.8 Å². The number of azo groups is 2. The molecular formula is C44H36Cl6N8O6. The number of anilines is 4. The third-order valence-corrected chi connectivity index (χ3v) is 10.6. The van der Waals surface area contributed by atoms with Gasteiger partial charge in [-0.1, -0.05) is 70.7 Å². The number of alkyl halides is 2. The van der Waals surface area contributed by atoms with Crippen LogP contribution >= 0.6 is 69.6 Å². The zero-order chi connectivity index (χ0) is 46.5. The van der Waals surface area contributed by atoms with E-state index in [1.54, 1.807) is 24.3 Å². The van der Waals surface area contributed by atoms with Crippen LogP contribution in [0.3, 0.4) is 0 Å². The number of aryl methyl sites for hydroxylation is 2. The van der Waals surface area contributed by atoms with Crippen LogP contribution in [0.4, 0.5) is 34.1 Å². The number of nitrogens with zero attached hydrogens (tertiary/aromatic N) is 4. The van der Waals surface area contributed by atoms with E-state index in [1.165, 1.54) is 48.5 Å². The van der Waals surface area contributed by atoms with Gasteiger partial charge in [0.15, 0.2) is 11.6 Å². The summed E-state index contributed by atoms with van der Waals surface area (Å²) in [6.45, 7) is 2.26. The fraction of sp³-hybridized carbons (Fsp3) is 0.182. The van der Waals surface area contributed by atoms with E-state index in [-0.39, 0.29) is 54.0 Å². The molecule has 0 bridgehead atoms. The van der Waals surface area contributed by atoms with Crippen LogP contribution in [0.2, 0.25) is 20.1 Å². The number of Topliss-reactive ketones (excluding diaryl/α,β-unsaturated/α-hetero) is 2. The number of halogens is 6. The van der Waals surface area contributed by atoms with Gasteiger partial charge in [-0.05, 0) is 111 Å². The van der Waals surface area contributed by atoms with Crippen LogP contribution in [0.1, 0.15) is 45.7 Å². The smallest absolute Gasteiger partial charge is 0.258 e. The van der Waals surface area contributed by atoms with Gasteiger partial charge in [0.05, 0.1) is 48.3 Å². The first-order valence-electron chi connectivity index (χ1n) is 19.0. The van der Waals surface area contributed by atoms with E-state index < -0.39 is 47.3 Å². The second kappa shape index (κ2) is 23.3. The van der Waals surface area contributed by atoms with Gasteiger partial charge in [0.1, 0.15) is 0 Å². The standard InChI is InChI=1S/C44H36Cl6N8O6/c1-23(59)38(57-55-29-11-13-34(47)32(19-29)41(61)51-27-7-3-25(4-8-27)15-17-45)43(63)53-31-21-36(49)40(37(50)22-31)54-44(64)39(24(2)60)58-56-30-12-14-35(48)33(20-30)42(62)52-28-9-5-26(6-10-28)16-18-46/h3-14,19-22,38-39H,15-18H2,1-2H3,(H,51,61)(H,52,62)(H,53,63)(H,54,64). The first kappa shape index (κ1) is 49.3. The molecule has 2 atom stereocenters. The van der Waals surface area contributed by atoms with Crippen molar-refractivity contribution >= 4 is 139 Å². The molecule has 20 heteroatoms. The lowest BCUT2D eigenvalue weighted by molar-refractivity contribution is -0.127. The maximum Gasteiger partial charge on any atom is 0.258 e. The van der Waals surface area contributed by atoms with Crippen molar-refractivity contribution in [2.24, 2.45) is 20.5 Å². The second-order valence-electron chi connectivity index (χ2n) is 13.8. The number of carbonyl (C=O) groups is 6. The summed E-state index contributed by atoms with van der Waals surface area (Å²) in [5, 5.41) is 26.3. The average molecular weight is 986 g/mol. The van der Waals surface area contributed by atoms with Gasteiger partial charge < -0.3 is 21.3 Å². The molecule has 0 saturated carbocycles. The average Bonchev–Trinajstić information content (AvgIpc) is 3.24. The van der Waals surface area contributed by atoms with Gasteiger partial charge in [0.25, 0.3) is 23.6 Å². The summed E-state index contributed by atoms with van der Waals surface area (Å²) in [6.07, 6.45) is 1.35. The number of ketones is 2. The number of benzene rings is 5. The van der Waals surface area contributed by atoms with Crippen molar-refractivity contribution in [2.75, 3.05) is 33.0 Å². The Labute approximate surface area is 397 Å². The molecule has 0 aliphatic heterocycles. The molecule has 0 aliphatic carbocycles. The van der Waals surface area contributed by atoms with Crippen molar-refractivity contribution in [3.05, 3.63) is 139 Å². The summed E-state index contributed by atoms with van der Waals surface area (Å²) in [5.74, 6) is -3.34. The number of nitrogens with one attached hydrogen (secondary N) is 4. The number of carbonyl (C=O) groups excluding carboxylic acids is 6. The summed E-state index contributed by atoms with van der Waals surface area (Å²) in [4.78, 5) is 77.8. The minimum Gasteiger partial charge on any atom is -0.324 e. The molecule has 4 amide bonds. The zero-order valence-electron chi connectivity index (χ0n) is 33.7. The summed E-state index contributed by atoms with van der Waals surface area (Å²) in [7, 11) is 0. The molecule has 0 aliphatic rings. The van der Waals surface area contributed by atoms with Gasteiger partial charge in [0.2, 0.25) is 12.1 Å². The predicted octanol–water partition coefficient (Wildman–Crippen LogP) is 11.7. The number of amides is 4. The van der Waals surface area contributed by atoms with Gasteiger partial charge in [-0.15, -0.1) is 23.2 Å². The van der Waals surface area contributed by atoms with E-state index in [1.807, 2.05) is 24.3 Å². The molecular weight excluding hydrogens is 949 g/mol. The second-order valence-corrected chi connectivity index (χ2v) is 16.1. The van der Waals surface area contributed by atoms with E-state index in [2.05, 4.69) is 41.7 Å². The Morgan fingerprint density at radius 3 is 1.25 bits per heavy atom. The molecule has 4 N–H and O–H groups in total. The monoisotopic (exact) mass is 982 g/mol. The van der Waals surface area contributed by atoms with Crippen LogP contribution in [-0.4, -0.2) is 59.0 Å². The Kier molecular flexibility index (Phi) is 17.9. The minimum atomic E-state index is -1.67. The van der Waals surface area contributed by atoms with E-state index in [4.69, 9.17) is 69.6 Å². The van der Waals surface area contributed by atoms with E-state index >= 15 is 0 Å². The molecule has 5 rings (SSSR count). The predicted molar refractivity (Wildman–Crippen MR) is 252 cm³/mol. The molecule has 0 spiro atoms. The van der Waals surface area contributed by atoms with Crippen LogP contribution in [-0.2, 0) is 32.0 Å². The van der Waals surface area contributed by atoms with Crippen LogP contribution in [0.25, 0.3) is 0 Å². The van der Waals surface area contributed by atoms with Gasteiger partial charge >= 0.3 is 0 Å². The SMILES string of the molecule is CC(=O)C(N=Nc1ccc(Cl)c(C(=O)Nc2ccc(CCCl)cc2)c1)C(=O)Nc1cc(Cl)c(NC(=O)C(N=Nc2ccc(Cl)c(C(=O)Nc3ccc(CCCl)cc3)c2)C(C)=O)c(Cl)c1. The first-order chi connectivity index (χ1) is 30.6. The summed E-state index contributed by atoms with van der Waals surface area (Å²) < 4.78 is 0. The molecule has 0 saturated heterocycles. The quantitative estimate of drug-likeness (QED) is 0.0382. The van der Waals surface area contributed by atoms with Crippen LogP contribution in [0.5, 0.6) is 0 Å². The Morgan fingerprint density at radius 2 is 0.875 bits per heavy atom. The first-order valence-corrected chi connectivity index (χ1v) is 21.6. The van der Waals surface area contributed by atoms with Gasteiger partial charge in [-0.25, -0.2) is 0 Å². The minimum absolute atomic E-state index is 0.0225. The lowest BCUT2D eigenvalue weighted by Crippen LogP contribution is -2.32. The van der Waals surface area contributed by atoms with Crippen molar-refractivity contribution < 1.29 is 28.8 Å². The summed E-state index contributed by atoms with van der Waals surface area (Å²) in [5.41, 5.74) is 3.32. The van der Waals surface area contributed by atoms with Crippen LogP contribution in [0, 0.1) is 0 Å². The Balaban J connectivity index is 1.24. The number of hydrogen-bond acceptors (Lipinski definition) is 10. The maximum absolute atomic E-state index is 13.3. The molecule has 0 heterocycles. The molecule has 2 unspecified atom stereocenters. The molecule has 0 radical (unpaired) electrons. The van der Waals surface area contributed by atoms with Crippen molar-refractivity contribution in [1.29, 1.82) is 0 Å². The lowest BCUT2D eigenvalue weighted by Gasteiger charge is -2.15. The fourth-order valence-electron chi connectivity index (χ4n) is 5.68. The topological polar surface area (TPSA) is 200 Å². The highest BCUT2D eigenvalue weighted by molar-refractivity contribution is 6.40. The van der Waals surface area contributed by atoms with E-state index in [0.29, 0.717) is 36.0 Å². The van der Waals surface area contributed by atoms with Crippen LogP contribution in [0.15, 0.2) is 118 Å². The maximum atomic E-state index is 13.3. The lowest BCUT2D eigenvalue weighted by atomic mass is 10.1. The van der Waals surface area contributed by atoms with Crippen molar-refractivity contribution in [3.8, 4) is 0 Å². The zero-order valence-corrected chi connectivity index (χ0v) is 38.3. The number of hydrogen-bond donors (Lipinski definition) is 4. The normalized spacial score (nSPS) is 12.1. The van der Waals surface area contributed by atoms with Gasteiger partial charge in [-0.3, -0.25) is 28.8 Å². The highest BCUT2D eigenvalue weighted by atomic mass is 35.5. The molecule has 14 nitrogen and oxygen atoms in total. The largest absolute Gasteiger partial charge is 0.324 e. The fourth-order valence-corrected chi connectivity index (χ4v) is 7.10. The van der Waals surface area contributed by atoms with Crippen molar-refractivity contribution in [1.82, 2.24) is 0 Å². The summed E-state index contributed by atoms with van der Waals surface area (Å²) >= 11 is 37.1. The van der Waals surface area contributed by atoms with E-state index in [9.17, 15) is 28.8 Å². The molecule has 0 aromatic heterocycles. The summed E-state index contributed by atoms with van der Waals surface area (Å²) in [6, 6.07) is 21.9. The molecule has 0 fully saturated rings. The molecule has 64 heavy (non-hydrogen) atoms. The highest BCUT2D eigenvalue weighted by Gasteiger charge is 2.27. The third-order valence-electron chi connectivity index (χ3n) is 8.98. The molecule has 5 aromatic rings. The van der Waals surface area contributed by atoms with E-state index in [0.717, 1.165) is 25.0 Å². The Hall–Kier alpha value is -5.74. The van der Waals surface area contributed by atoms with Crippen molar-refractivity contribution in [3.63, 3.8) is 0 Å². The van der Waals surface area contributed by atoms with Crippen LogP contribution < -0.4 is 21.3 Å². The van der Waals surface area contributed by atoms with Crippen molar-refractivity contribution in [2.45, 2.75) is 38.8 Å². The molecule has 5 aromatic carbocycles. The van der Waals surface area contributed by atoms with Gasteiger partial charge in [-0.2, -0.15) is 20.5 Å². The third kappa shape index (κ3) is 13.6. The molecule has 330 valence electrons. The Bertz CT molecular complexity index is 2620. The Morgan fingerprint density at radius 1 is 0.484 bits per heavy atom. The number of rotatable bonds is 18.